The second-order valence-electron chi connectivity index (χ2n) is 5.70. The second-order valence-corrected chi connectivity index (χ2v) is 9.45. The first-order valence-corrected chi connectivity index (χ1v) is 10.8. The molecule has 0 amide bonds. The molecule has 0 aliphatic heterocycles. The molecule has 26 heavy (non-hydrogen) atoms. The van der Waals surface area contributed by atoms with Gasteiger partial charge in [-0.3, -0.25) is 9.12 Å². The number of aryl methyl sites for hydroxylation is 1. The SMILES string of the molecule is O=P(O)(O)C(CCCC=CCCc1cccc(C(F)(F)F)c1)S(=O)(=O)O. The summed E-state index contributed by atoms with van der Waals surface area (Å²) in [5.74, 6) is 0. The lowest BCUT2D eigenvalue weighted by Gasteiger charge is -2.14. The molecule has 1 aromatic rings. The molecule has 148 valence electrons. The predicted octanol–water partition coefficient (Wildman–Crippen LogP) is 3.76. The molecule has 1 atom stereocenters. The van der Waals surface area contributed by atoms with Crippen LogP contribution in [0.2, 0.25) is 0 Å². The highest BCUT2D eigenvalue weighted by Gasteiger charge is 2.38. The van der Waals surface area contributed by atoms with Gasteiger partial charge in [0.15, 0.2) is 4.99 Å². The van der Waals surface area contributed by atoms with Crippen LogP contribution >= 0.6 is 7.60 Å². The Labute approximate surface area is 149 Å². The van der Waals surface area contributed by atoms with Gasteiger partial charge in [-0.2, -0.15) is 21.6 Å². The van der Waals surface area contributed by atoms with Gasteiger partial charge in [0, 0.05) is 0 Å². The highest BCUT2D eigenvalue weighted by atomic mass is 32.2. The molecule has 0 heterocycles. The van der Waals surface area contributed by atoms with Crippen molar-refractivity contribution < 1.29 is 40.5 Å². The first kappa shape index (κ1) is 22.9. The molecule has 3 N–H and O–H groups in total. The van der Waals surface area contributed by atoms with E-state index in [0.29, 0.717) is 24.8 Å². The fraction of sp³-hybridized carbons (Fsp3) is 0.467. The van der Waals surface area contributed by atoms with Crippen LogP contribution < -0.4 is 0 Å². The van der Waals surface area contributed by atoms with Crippen LogP contribution in [-0.2, 0) is 27.3 Å². The van der Waals surface area contributed by atoms with Crippen molar-refractivity contribution in [3.63, 3.8) is 0 Å². The lowest BCUT2D eigenvalue weighted by molar-refractivity contribution is -0.137. The molecule has 0 aliphatic carbocycles. The van der Waals surface area contributed by atoms with Crippen molar-refractivity contribution in [2.45, 2.75) is 43.3 Å². The number of alkyl halides is 3. The van der Waals surface area contributed by atoms with Crippen LogP contribution in [0, 0.1) is 0 Å². The standard InChI is InChI=1S/C15H20F3O6PS/c16-15(17,18)13-9-6-8-12(11-13)7-4-2-1-3-5-10-14(25(19,20)21)26(22,23)24/h1-2,6,8-9,11,14H,3-5,7,10H2,(H2,19,20,21)(H,22,23,24). The first-order chi connectivity index (χ1) is 11.8. The van der Waals surface area contributed by atoms with Gasteiger partial charge in [-0.05, 0) is 43.7 Å². The molecule has 11 heteroatoms. The largest absolute Gasteiger partial charge is 0.416 e. The van der Waals surface area contributed by atoms with E-state index in [2.05, 4.69) is 0 Å². The summed E-state index contributed by atoms with van der Waals surface area (Å²) in [6.07, 6.45) is -0.174. The molecule has 0 radical (unpaired) electrons. The lowest BCUT2D eigenvalue weighted by Crippen LogP contribution is -2.20. The Kier molecular flexibility index (Phi) is 8.04. The Morgan fingerprint density at radius 3 is 2.31 bits per heavy atom. The first-order valence-electron chi connectivity index (χ1n) is 7.64. The van der Waals surface area contributed by atoms with Crippen molar-refractivity contribution in [1.82, 2.24) is 0 Å². The van der Waals surface area contributed by atoms with Crippen LogP contribution in [0.5, 0.6) is 0 Å². The van der Waals surface area contributed by atoms with Crippen LogP contribution in [0.3, 0.4) is 0 Å². The van der Waals surface area contributed by atoms with Gasteiger partial charge < -0.3 is 9.79 Å². The highest BCUT2D eigenvalue weighted by molar-refractivity contribution is 7.93. The van der Waals surface area contributed by atoms with Crippen LogP contribution in [0.4, 0.5) is 13.2 Å². The maximum Gasteiger partial charge on any atom is 0.416 e. The van der Waals surface area contributed by atoms with Gasteiger partial charge in [0.1, 0.15) is 0 Å². The number of hydrogen-bond donors (Lipinski definition) is 3. The van der Waals surface area contributed by atoms with Gasteiger partial charge in [-0.15, -0.1) is 0 Å². The summed E-state index contributed by atoms with van der Waals surface area (Å²) >= 11 is 0. The van der Waals surface area contributed by atoms with Gasteiger partial charge in [0.05, 0.1) is 5.56 Å². The Morgan fingerprint density at radius 1 is 1.15 bits per heavy atom. The summed E-state index contributed by atoms with van der Waals surface area (Å²) in [6, 6.07) is 4.98. The predicted molar refractivity (Wildman–Crippen MR) is 90.1 cm³/mol. The quantitative estimate of drug-likeness (QED) is 0.245. The van der Waals surface area contributed by atoms with Gasteiger partial charge in [-0.25, -0.2) is 0 Å². The van der Waals surface area contributed by atoms with Gasteiger partial charge in [0.25, 0.3) is 10.1 Å². The average Bonchev–Trinajstić information content (AvgIpc) is 2.46. The second kappa shape index (κ2) is 9.14. The summed E-state index contributed by atoms with van der Waals surface area (Å²) in [4.78, 5) is 15.7. The molecular weight excluding hydrogens is 396 g/mol. The van der Waals surface area contributed by atoms with Gasteiger partial charge in [0.2, 0.25) is 0 Å². The molecule has 0 aliphatic rings. The molecule has 6 nitrogen and oxygen atoms in total. The molecule has 0 saturated heterocycles. The molecular formula is C15H20F3O6PS. The normalized spacial score (nSPS) is 14.7. The third-order valence-corrected chi connectivity index (χ3v) is 7.12. The van der Waals surface area contributed by atoms with Crippen LogP contribution in [-0.4, -0.2) is 27.7 Å². The number of unbranched alkanes of at least 4 members (excludes halogenated alkanes) is 1. The number of hydrogen-bond acceptors (Lipinski definition) is 3. The molecule has 0 aromatic heterocycles. The Balaban J connectivity index is 2.44. The molecule has 1 aromatic carbocycles. The van der Waals surface area contributed by atoms with Crippen molar-refractivity contribution in [3.05, 3.63) is 47.5 Å². The van der Waals surface area contributed by atoms with E-state index in [4.69, 9.17) is 14.3 Å². The minimum Gasteiger partial charge on any atom is -0.323 e. The molecule has 0 bridgehead atoms. The molecule has 0 spiro atoms. The fourth-order valence-electron chi connectivity index (χ4n) is 2.29. The maximum absolute atomic E-state index is 12.6. The van der Waals surface area contributed by atoms with E-state index >= 15 is 0 Å². The monoisotopic (exact) mass is 416 g/mol. The van der Waals surface area contributed by atoms with E-state index < -0.39 is 40.9 Å². The third kappa shape index (κ3) is 8.01. The van der Waals surface area contributed by atoms with Crippen molar-refractivity contribution in [2.75, 3.05) is 0 Å². The molecule has 1 unspecified atom stereocenters. The van der Waals surface area contributed by atoms with Gasteiger partial charge >= 0.3 is 13.8 Å². The summed E-state index contributed by atoms with van der Waals surface area (Å²) in [7, 11) is -9.82. The van der Waals surface area contributed by atoms with Crippen molar-refractivity contribution in [1.29, 1.82) is 0 Å². The zero-order valence-corrected chi connectivity index (χ0v) is 15.3. The van der Waals surface area contributed by atoms with Crippen LogP contribution in [0.25, 0.3) is 0 Å². The van der Waals surface area contributed by atoms with E-state index in [1.54, 1.807) is 18.2 Å². The third-order valence-electron chi connectivity index (χ3n) is 3.56. The zero-order chi connectivity index (χ0) is 20.0. The molecule has 0 fully saturated rings. The molecule has 0 saturated carbocycles. The van der Waals surface area contributed by atoms with Crippen LogP contribution in [0.15, 0.2) is 36.4 Å². The van der Waals surface area contributed by atoms with Crippen molar-refractivity contribution in [2.24, 2.45) is 0 Å². The molecule has 1 rings (SSSR count). The van der Waals surface area contributed by atoms with E-state index in [1.807, 2.05) is 0 Å². The van der Waals surface area contributed by atoms with Crippen molar-refractivity contribution >= 4 is 17.7 Å². The lowest BCUT2D eigenvalue weighted by atomic mass is 10.1. The van der Waals surface area contributed by atoms with Gasteiger partial charge in [-0.1, -0.05) is 30.4 Å². The number of rotatable bonds is 9. The average molecular weight is 416 g/mol. The number of allylic oxidation sites excluding steroid dienone is 2. The summed E-state index contributed by atoms with van der Waals surface area (Å²) in [6.45, 7) is 0. The van der Waals surface area contributed by atoms with E-state index in [0.717, 1.165) is 12.1 Å². The Hall–Kier alpha value is -1.19. The smallest absolute Gasteiger partial charge is 0.323 e. The fourth-order valence-corrected chi connectivity index (χ4v) is 4.66. The zero-order valence-electron chi connectivity index (χ0n) is 13.6. The van der Waals surface area contributed by atoms with E-state index in [1.165, 1.54) is 6.07 Å². The number of halogens is 3. The van der Waals surface area contributed by atoms with Crippen molar-refractivity contribution in [3.8, 4) is 0 Å². The topological polar surface area (TPSA) is 112 Å². The number of benzene rings is 1. The van der Waals surface area contributed by atoms with Crippen LogP contribution in [0.1, 0.15) is 36.8 Å². The maximum atomic E-state index is 12.6. The van der Waals surface area contributed by atoms with E-state index in [9.17, 15) is 26.2 Å². The summed E-state index contributed by atoms with van der Waals surface area (Å²) in [5.41, 5.74) is -0.190. The summed E-state index contributed by atoms with van der Waals surface area (Å²) in [5, 5.41) is 0. The Bertz CT molecular complexity index is 770. The minimum atomic E-state index is -4.97. The highest BCUT2D eigenvalue weighted by Crippen LogP contribution is 2.46. The summed E-state index contributed by atoms with van der Waals surface area (Å²) < 4.78 is 79.6. The van der Waals surface area contributed by atoms with E-state index in [-0.39, 0.29) is 6.42 Å². The minimum absolute atomic E-state index is 0.121. The Morgan fingerprint density at radius 2 is 1.77 bits per heavy atom.